The predicted octanol–water partition coefficient (Wildman–Crippen LogP) is 1.97. The standard InChI is InChI=1S/C9H10ClNO2/c1-11(2)13-9(12)7-3-5-8(10)6-4-7/h3-6H,1-2H3. The second-order valence-corrected chi connectivity index (χ2v) is 3.13. The average molecular weight is 200 g/mol. The van der Waals surface area contributed by atoms with Crippen molar-refractivity contribution in [1.82, 2.24) is 5.06 Å². The molecule has 0 spiro atoms. The molecule has 0 unspecified atom stereocenters. The Balaban J connectivity index is 2.72. The molecule has 13 heavy (non-hydrogen) atoms. The van der Waals surface area contributed by atoms with Gasteiger partial charge in [0.15, 0.2) is 0 Å². The van der Waals surface area contributed by atoms with Crippen molar-refractivity contribution in [1.29, 1.82) is 0 Å². The average Bonchev–Trinajstić information content (AvgIpc) is 2.04. The van der Waals surface area contributed by atoms with Gasteiger partial charge in [0.05, 0.1) is 5.56 Å². The minimum absolute atomic E-state index is 0.387. The van der Waals surface area contributed by atoms with E-state index in [4.69, 9.17) is 16.4 Å². The summed E-state index contributed by atoms with van der Waals surface area (Å²) in [4.78, 5) is 16.1. The molecule has 1 rings (SSSR count). The molecule has 1 aromatic carbocycles. The minimum Gasteiger partial charge on any atom is -0.364 e. The summed E-state index contributed by atoms with van der Waals surface area (Å²) in [6.45, 7) is 0. The highest BCUT2D eigenvalue weighted by Gasteiger charge is 2.07. The van der Waals surface area contributed by atoms with Gasteiger partial charge in [-0.05, 0) is 24.3 Å². The van der Waals surface area contributed by atoms with Gasteiger partial charge in [0.1, 0.15) is 0 Å². The lowest BCUT2D eigenvalue weighted by atomic mass is 10.2. The van der Waals surface area contributed by atoms with Crippen LogP contribution in [-0.2, 0) is 4.84 Å². The van der Waals surface area contributed by atoms with E-state index < -0.39 is 0 Å². The maximum absolute atomic E-state index is 11.3. The molecule has 0 amide bonds. The molecule has 3 nitrogen and oxygen atoms in total. The van der Waals surface area contributed by atoms with E-state index in [1.165, 1.54) is 5.06 Å². The van der Waals surface area contributed by atoms with Gasteiger partial charge >= 0.3 is 5.97 Å². The van der Waals surface area contributed by atoms with E-state index in [0.29, 0.717) is 10.6 Å². The molecule has 0 aliphatic heterocycles. The van der Waals surface area contributed by atoms with E-state index in [-0.39, 0.29) is 5.97 Å². The van der Waals surface area contributed by atoms with E-state index >= 15 is 0 Å². The summed E-state index contributed by atoms with van der Waals surface area (Å²) in [7, 11) is 3.29. The largest absolute Gasteiger partial charge is 0.364 e. The van der Waals surface area contributed by atoms with Crippen molar-refractivity contribution in [2.24, 2.45) is 0 Å². The number of carbonyl (C=O) groups excluding carboxylic acids is 1. The number of hydrogen-bond acceptors (Lipinski definition) is 3. The first kappa shape index (κ1) is 10.0. The van der Waals surface area contributed by atoms with Gasteiger partial charge in [0.25, 0.3) is 0 Å². The van der Waals surface area contributed by atoms with Crippen LogP contribution in [0.5, 0.6) is 0 Å². The molecular weight excluding hydrogens is 190 g/mol. The molecule has 4 heteroatoms. The fourth-order valence-corrected chi connectivity index (χ4v) is 0.930. The van der Waals surface area contributed by atoms with Gasteiger partial charge in [-0.25, -0.2) is 4.79 Å². The molecule has 0 aromatic heterocycles. The molecule has 0 N–H and O–H groups in total. The van der Waals surface area contributed by atoms with E-state index in [1.807, 2.05) is 0 Å². The Morgan fingerprint density at radius 2 is 1.85 bits per heavy atom. The second kappa shape index (κ2) is 4.25. The van der Waals surface area contributed by atoms with Crippen LogP contribution in [-0.4, -0.2) is 25.1 Å². The van der Waals surface area contributed by atoms with Crippen LogP contribution in [0.25, 0.3) is 0 Å². The highest BCUT2D eigenvalue weighted by molar-refractivity contribution is 6.30. The topological polar surface area (TPSA) is 29.5 Å². The number of halogens is 1. The Morgan fingerprint density at radius 1 is 1.31 bits per heavy atom. The summed E-state index contributed by atoms with van der Waals surface area (Å²) in [6.07, 6.45) is 0. The van der Waals surface area contributed by atoms with Crippen LogP contribution >= 0.6 is 11.6 Å². The molecule has 70 valence electrons. The third-order valence-corrected chi connectivity index (χ3v) is 1.60. The van der Waals surface area contributed by atoms with Crippen molar-refractivity contribution in [2.75, 3.05) is 14.1 Å². The van der Waals surface area contributed by atoms with Crippen LogP contribution in [0.1, 0.15) is 10.4 Å². The summed E-state index contributed by atoms with van der Waals surface area (Å²) in [5.41, 5.74) is 0.484. The number of hydroxylamine groups is 2. The Bertz CT molecular complexity index is 295. The van der Waals surface area contributed by atoms with E-state index in [0.717, 1.165) is 0 Å². The number of carbonyl (C=O) groups is 1. The molecule has 0 aliphatic rings. The van der Waals surface area contributed by atoms with Crippen molar-refractivity contribution in [3.05, 3.63) is 34.9 Å². The lowest BCUT2D eigenvalue weighted by molar-refractivity contribution is -0.0713. The molecular formula is C9H10ClNO2. The van der Waals surface area contributed by atoms with Crippen LogP contribution < -0.4 is 0 Å². The molecule has 0 saturated heterocycles. The molecule has 0 saturated carbocycles. The zero-order chi connectivity index (χ0) is 9.84. The fourth-order valence-electron chi connectivity index (χ4n) is 0.804. The number of benzene rings is 1. The quantitative estimate of drug-likeness (QED) is 0.683. The lowest BCUT2D eigenvalue weighted by Gasteiger charge is -2.09. The summed E-state index contributed by atoms with van der Waals surface area (Å²) >= 11 is 5.66. The van der Waals surface area contributed by atoms with Crippen LogP contribution in [0.15, 0.2) is 24.3 Å². The first-order valence-corrected chi connectivity index (χ1v) is 4.12. The van der Waals surface area contributed by atoms with Crippen molar-refractivity contribution >= 4 is 17.6 Å². The molecule has 0 radical (unpaired) electrons. The Morgan fingerprint density at radius 3 is 2.31 bits per heavy atom. The van der Waals surface area contributed by atoms with Gasteiger partial charge in [-0.1, -0.05) is 11.6 Å². The smallest absolute Gasteiger partial charge is 0.356 e. The Labute approximate surface area is 81.8 Å². The van der Waals surface area contributed by atoms with Crippen LogP contribution in [0.4, 0.5) is 0 Å². The lowest BCUT2D eigenvalue weighted by Crippen LogP contribution is -2.18. The predicted molar refractivity (Wildman–Crippen MR) is 50.6 cm³/mol. The number of rotatable bonds is 2. The summed E-state index contributed by atoms with van der Waals surface area (Å²) < 4.78 is 0. The highest BCUT2D eigenvalue weighted by atomic mass is 35.5. The van der Waals surface area contributed by atoms with Crippen molar-refractivity contribution in [3.8, 4) is 0 Å². The molecule has 0 aliphatic carbocycles. The third kappa shape index (κ3) is 3.05. The van der Waals surface area contributed by atoms with E-state index in [2.05, 4.69) is 0 Å². The zero-order valence-corrected chi connectivity index (χ0v) is 8.21. The molecule has 0 heterocycles. The van der Waals surface area contributed by atoms with Crippen LogP contribution in [0, 0.1) is 0 Å². The maximum Gasteiger partial charge on any atom is 0.356 e. The summed E-state index contributed by atoms with van der Waals surface area (Å²) in [6, 6.07) is 6.53. The van der Waals surface area contributed by atoms with Gasteiger partial charge in [-0.3, -0.25) is 0 Å². The fraction of sp³-hybridized carbons (Fsp3) is 0.222. The minimum atomic E-state index is -0.387. The number of hydrogen-bond donors (Lipinski definition) is 0. The van der Waals surface area contributed by atoms with Gasteiger partial charge in [-0.2, -0.15) is 0 Å². The molecule has 0 bridgehead atoms. The Hall–Kier alpha value is -1.06. The van der Waals surface area contributed by atoms with Gasteiger partial charge in [0, 0.05) is 19.1 Å². The van der Waals surface area contributed by atoms with Crippen LogP contribution in [0.3, 0.4) is 0 Å². The first-order valence-electron chi connectivity index (χ1n) is 3.75. The first-order chi connectivity index (χ1) is 6.09. The second-order valence-electron chi connectivity index (χ2n) is 2.70. The van der Waals surface area contributed by atoms with Gasteiger partial charge < -0.3 is 4.84 Å². The SMILES string of the molecule is CN(C)OC(=O)c1ccc(Cl)cc1. The number of nitrogens with zero attached hydrogens (tertiary/aromatic N) is 1. The summed E-state index contributed by atoms with van der Waals surface area (Å²) in [5.74, 6) is -0.387. The highest BCUT2D eigenvalue weighted by Crippen LogP contribution is 2.10. The molecule has 1 aromatic rings. The van der Waals surface area contributed by atoms with Gasteiger partial charge in [0.2, 0.25) is 0 Å². The van der Waals surface area contributed by atoms with E-state index in [1.54, 1.807) is 38.4 Å². The van der Waals surface area contributed by atoms with Crippen LogP contribution in [0.2, 0.25) is 5.02 Å². The van der Waals surface area contributed by atoms with Crippen molar-refractivity contribution in [2.45, 2.75) is 0 Å². The van der Waals surface area contributed by atoms with Crippen molar-refractivity contribution in [3.63, 3.8) is 0 Å². The molecule has 0 fully saturated rings. The molecule has 0 atom stereocenters. The van der Waals surface area contributed by atoms with E-state index in [9.17, 15) is 4.79 Å². The monoisotopic (exact) mass is 199 g/mol. The zero-order valence-electron chi connectivity index (χ0n) is 7.45. The van der Waals surface area contributed by atoms with Crippen molar-refractivity contribution < 1.29 is 9.63 Å². The maximum atomic E-state index is 11.3. The summed E-state index contributed by atoms with van der Waals surface area (Å²) in [5, 5.41) is 1.94. The van der Waals surface area contributed by atoms with Gasteiger partial charge in [-0.15, -0.1) is 5.06 Å². The normalized spacial score (nSPS) is 10.2. The Kier molecular flexibility index (Phi) is 3.28. The third-order valence-electron chi connectivity index (χ3n) is 1.35.